The topological polar surface area (TPSA) is 553 Å². The highest BCUT2D eigenvalue weighted by Gasteiger charge is 2.25. The molecule has 35 heteroatoms. The molecule has 0 aliphatic heterocycles. The van der Waals surface area contributed by atoms with Crippen molar-refractivity contribution in [1.29, 1.82) is 0 Å². The average molecular weight is 1280 g/mol. The highest BCUT2D eigenvalue weighted by molar-refractivity contribution is 5.98. The lowest BCUT2D eigenvalue weighted by Gasteiger charge is -2.22. The number of likely N-dealkylation sites (N-methyl/N-ethyl adjacent to an activating group) is 2. The van der Waals surface area contributed by atoms with Crippen molar-refractivity contribution in [1.82, 2.24) is 65.6 Å². The van der Waals surface area contributed by atoms with Gasteiger partial charge in [0.05, 0.1) is 75.0 Å². The summed E-state index contributed by atoms with van der Waals surface area (Å²) < 4.78 is 5.00. The lowest BCUT2D eigenvalue weighted by Crippen LogP contribution is -2.41. The summed E-state index contributed by atoms with van der Waals surface area (Å²) in [5.74, 6) is -4.74. The van der Waals surface area contributed by atoms with Crippen LogP contribution in [0.3, 0.4) is 0 Å². The fourth-order valence-corrected chi connectivity index (χ4v) is 7.98. The molecule has 35 nitrogen and oxygen atoms in total. The van der Waals surface area contributed by atoms with Crippen LogP contribution in [0.25, 0.3) is 22.3 Å². The van der Waals surface area contributed by atoms with E-state index < -0.39 is 78.4 Å². The maximum atomic E-state index is 12.7. The number of nitrogens with zero attached hydrogens (tertiary/aromatic N) is 10. The number of aromatic amines is 1. The normalized spacial score (nSPS) is 12.9. The molecule has 0 bridgehead atoms. The van der Waals surface area contributed by atoms with Gasteiger partial charge in [-0.1, -0.05) is 13.8 Å². The van der Waals surface area contributed by atoms with E-state index in [-0.39, 0.29) is 130 Å². The molecule has 4 heterocycles. The molecule has 6 rings (SSSR count). The number of carboxylic acid groups (broad SMARTS) is 2. The monoisotopic (exact) mass is 1280 g/mol. The summed E-state index contributed by atoms with van der Waals surface area (Å²) in [5, 5.41) is 92.4. The van der Waals surface area contributed by atoms with E-state index in [1.807, 2.05) is 25.8 Å². The third-order valence-corrected chi connectivity index (χ3v) is 12.5. The van der Waals surface area contributed by atoms with E-state index in [1.54, 1.807) is 54.4 Å². The van der Waals surface area contributed by atoms with Crippen molar-refractivity contribution in [2.45, 2.75) is 89.1 Å². The average Bonchev–Trinajstić information content (AvgIpc) is 1.10. The number of nitrogens with one attached hydrogen (secondary N) is 5. The Morgan fingerprint density at radius 1 is 0.626 bits per heavy atom. The first kappa shape index (κ1) is 75.8. The van der Waals surface area contributed by atoms with Crippen molar-refractivity contribution < 1.29 is 79.5 Å². The van der Waals surface area contributed by atoms with Gasteiger partial charge in [-0.25, -0.2) is 29.5 Å². The number of aromatic nitrogens is 8. The van der Waals surface area contributed by atoms with Crippen LogP contribution in [0.1, 0.15) is 71.6 Å². The number of carbonyl (C=O) groups is 6. The summed E-state index contributed by atoms with van der Waals surface area (Å²) >= 11 is 0. The zero-order valence-electron chi connectivity index (χ0n) is 51.1. The number of hydrogen-bond acceptors (Lipinski definition) is 29. The number of nitrogens with two attached hydrogens (primary N) is 3. The Bertz CT molecular complexity index is 3340. The first-order chi connectivity index (χ1) is 43.2. The molecule has 0 saturated carbocycles. The van der Waals surface area contributed by atoms with E-state index >= 15 is 0 Å². The highest BCUT2D eigenvalue weighted by atomic mass is 16.5. The number of aliphatic hydroxyl groups excluding tert-OH is 7. The Morgan fingerprint density at radius 2 is 1.10 bits per heavy atom. The fourth-order valence-electron chi connectivity index (χ4n) is 7.98. The Hall–Kier alpha value is -9.46. The second-order valence-electron chi connectivity index (χ2n) is 20.1. The number of rotatable bonds is 31. The van der Waals surface area contributed by atoms with Crippen LogP contribution >= 0.6 is 0 Å². The van der Waals surface area contributed by atoms with E-state index in [4.69, 9.17) is 47.5 Å². The predicted molar refractivity (Wildman–Crippen MR) is 332 cm³/mol. The number of carboxylic acids is 2. The van der Waals surface area contributed by atoms with Crippen molar-refractivity contribution in [3.63, 3.8) is 0 Å². The number of amides is 3. The molecule has 4 aromatic heterocycles. The molecule has 6 atom stereocenters. The molecule has 20 N–H and O–H groups in total. The number of H-pyrrole nitrogens is 1. The van der Waals surface area contributed by atoms with E-state index in [0.29, 0.717) is 29.1 Å². The summed E-state index contributed by atoms with van der Waals surface area (Å²) in [7, 11) is 6.56. The highest BCUT2D eigenvalue weighted by Crippen LogP contribution is 2.20. The van der Waals surface area contributed by atoms with Crippen LogP contribution in [-0.4, -0.2) is 249 Å². The molecular formula is C56H82N18O17. The predicted octanol–water partition coefficient (Wildman–Crippen LogP) is -3.36. The van der Waals surface area contributed by atoms with Crippen molar-refractivity contribution >= 4 is 87.0 Å². The van der Waals surface area contributed by atoms with Crippen LogP contribution in [0, 0.1) is 0 Å². The maximum Gasteiger partial charge on any atom is 0.326 e. The molecular weight excluding hydrogens is 1200 g/mol. The number of fused-ring (bicyclic) bond motifs is 2. The summed E-state index contributed by atoms with van der Waals surface area (Å²) in [6, 6.07) is 10.2. The van der Waals surface area contributed by atoms with Crippen LogP contribution in [0.2, 0.25) is 0 Å². The van der Waals surface area contributed by atoms with Crippen LogP contribution in [0.4, 0.5) is 29.1 Å². The van der Waals surface area contributed by atoms with Crippen LogP contribution in [0.5, 0.6) is 0 Å². The van der Waals surface area contributed by atoms with Gasteiger partial charge in [-0.05, 0) is 75.5 Å². The van der Waals surface area contributed by atoms with Gasteiger partial charge in [0.1, 0.15) is 24.8 Å². The SMILES string of the molecule is CC.CN(CC(O)CO)CC(O)CO.CN(CC(O)CO)CC(O)COC(=O)CC[C@H](NC(=O)c1ccc(N(C)Cc2cnc3nc(N)nc(N)c3n2)cc1)C(=O)O.CNC(=O)CC[C@H](NC(=O)c1ccc(NCc2cnc3nc(N)[nH]c(=O)c3n2)cc1)C(=O)O. The molecule has 0 fully saturated rings. The zero-order valence-corrected chi connectivity index (χ0v) is 51.1. The van der Waals surface area contributed by atoms with Crippen molar-refractivity contribution in [3.8, 4) is 0 Å². The van der Waals surface area contributed by atoms with Crippen LogP contribution in [0.15, 0.2) is 65.7 Å². The van der Waals surface area contributed by atoms with E-state index in [2.05, 4.69) is 61.1 Å². The molecule has 0 aliphatic rings. The third kappa shape index (κ3) is 26.6. The van der Waals surface area contributed by atoms with Crippen molar-refractivity contribution in [2.75, 3.05) is 108 Å². The second kappa shape index (κ2) is 38.8. The van der Waals surface area contributed by atoms with E-state index in [1.165, 1.54) is 37.5 Å². The van der Waals surface area contributed by atoms with Crippen molar-refractivity contribution in [2.24, 2.45) is 0 Å². The standard InChI is InChI=1S/C27H37N9O8.C20H22N8O5.C7H17NO4.C2H6/c1-35(11-18(38)13-37)12-19(39)14-44-21(40)8-7-20(26(42)43)32-25(41)15-3-5-17(6-4-15)36(2)10-16-9-30-24-22(31-16)23(28)33-27(29)34-24;1-22-14(29)7-6-13(19(32)33)26-17(30)10-2-4-11(5-3-10)23-8-12-9-24-16-15(25-12)18(31)28-20(21)27-16;1-8(2-6(11)4-9)3-7(12)5-10;1-2/h3-6,9,18-20,37-39H,7-8,10-14H2,1-2H3,(H,32,41)(H,42,43)(H4,28,29,30,33,34);2-5,9,13,23H,6-8H2,1H3,(H,22,29)(H,26,30)(H,32,33)(H3,21,24,27,28,31);6-7,9-12H,2-5H2,1H3;1-2H3/t18?,19?,20-;13-;;/m00../s1. The number of hydrogen-bond donors (Lipinski definition) is 17. The lowest BCUT2D eigenvalue weighted by molar-refractivity contribution is -0.147. The summed E-state index contributed by atoms with van der Waals surface area (Å²) in [5.41, 5.74) is 20.2. The van der Waals surface area contributed by atoms with Gasteiger partial charge in [-0.3, -0.25) is 29.0 Å². The number of anilines is 5. The van der Waals surface area contributed by atoms with E-state index in [0.717, 1.165) is 5.69 Å². The Kier molecular flexibility index (Phi) is 32.3. The number of esters is 1. The fraction of sp³-hybridized carbons (Fsp3) is 0.464. The van der Waals surface area contributed by atoms with Gasteiger partial charge >= 0.3 is 17.9 Å². The lowest BCUT2D eigenvalue weighted by atomic mass is 10.1. The second-order valence-corrected chi connectivity index (χ2v) is 20.1. The van der Waals surface area contributed by atoms with Gasteiger partial charge in [0.15, 0.2) is 28.1 Å². The number of ether oxygens (including phenoxy) is 1. The van der Waals surface area contributed by atoms with Crippen LogP contribution < -0.4 is 48.9 Å². The molecule has 6 aromatic rings. The number of nitrogen functional groups attached to an aromatic ring is 3. The van der Waals surface area contributed by atoms with Gasteiger partial charge in [0.2, 0.25) is 17.8 Å². The zero-order chi connectivity index (χ0) is 67.9. The number of aliphatic hydroxyl groups is 7. The first-order valence-electron chi connectivity index (χ1n) is 28.3. The van der Waals surface area contributed by atoms with Gasteiger partial charge in [0, 0.05) is 75.6 Å². The quantitative estimate of drug-likeness (QED) is 0.0189. The molecule has 4 unspecified atom stereocenters. The Labute approximate surface area is 521 Å². The molecule has 0 radical (unpaired) electrons. The minimum absolute atomic E-state index is 0.000750. The number of benzene rings is 2. The molecule has 3 amide bonds. The molecule has 91 heavy (non-hydrogen) atoms. The summed E-state index contributed by atoms with van der Waals surface area (Å²) in [6.07, 6.45) is -1.18. The molecule has 0 aliphatic carbocycles. The van der Waals surface area contributed by atoms with Gasteiger partial charge in [-0.15, -0.1) is 0 Å². The Morgan fingerprint density at radius 3 is 1.60 bits per heavy atom. The number of carbonyl (C=O) groups excluding carboxylic acids is 4. The maximum absolute atomic E-state index is 12.7. The molecule has 0 spiro atoms. The van der Waals surface area contributed by atoms with Crippen molar-refractivity contribution in [3.05, 3.63) is 93.8 Å². The summed E-state index contributed by atoms with van der Waals surface area (Å²) in [6.45, 7) is 4.00. The first-order valence-corrected chi connectivity index (χ1v) is 28.3. The minimum Gasteiger partial charge on any atom is -0.480 e. The largest absolute Gasteiger partial charge is 0.480 e. The number of aliphatic carboxylic acids is 2. The minimum atomic E-state index is -1.35. The van der Waals surface area contributed by atoms with E-state index in [9.17, 15) is 54.0 Å². The molecule has 0 saturated heterocycles. The van der Waals surface area contributed by atoms with Gasteiger partial charge in [-0.2, -0.15) is 15.0 Å². The van der Waals surface area contributed by atoms with Gasteiger partial charge < -0.3 is 104 Å². The molecule has 498 valence electrons. The van der Waals surface area contributed by atoms with Gasteiger partial charge in [0.25, 0.3) is 17.4 Å². The van der Waals surface area contributed by atoms with Crippen LogP contribution in [-0.2, 0) is 37.0 Å². The Balaban J connectivity index is 0.000000403. The smallest absolute Gasteiger partial charge is 0.326 e. The third-order valence-electron chi connectivity index (χ3n) is 12.5. The molecule has 2 aromatic carbocycles. The summed E-state index contributed by atoms with van der Waals surface area (Å²) in [4.78, 5) is 120.